The summed E-state index contributed by atoms with van der Waals surface area (Å²) in [7, 11) is 0. The van der Waals surface area contributed by atoms with E-state index in [0.717, 1.165) is 19.3 Å². The van der Waals surface area contributed by atoms with E-state index in [9.17, 15) is 5.11 Å². The van der Waals surface area contributed by atoms with E-state index in [4.69, 9.17) is 0 Å². The molecule has 0 aromatic rings. The zero-order chi connectivity index (χ0) is 17.2. The van der Waals surface area contributed by atoms with Gasteiger partial charge in [0.2, 0.25) is 0 Å². The topological polar surface area (TPSA) is 20.2 Å². The lowest BCUT2D eigenvalue weighted by Gasteiger charge is -2.22. The minimum atomic E-state index is -0.411. The Labute approximate surface area is 147 Å². The third-order valence-electron chi connectivity index (χ3n) is 5.11. The van der Waals surface area contributed by atoms with Crippen molar-refractivity contribution in [1.29, 1.82) is 0 Å². The van der Waals surface area contributed by atoms with Crippen LogP contribution in [0, 0.1) is 0 Å². The van der Waals surface area contributed by atoms with Gasteiger partial charge in [-0.2, -0.15) is 0 Å². The fraction of sp³-hybridized carbons (Fsp3) is 1.00. The van der Waals surface area contributed by atoms with Gasteiger partial charge in [0, 0.05) is 0 Å². The van der Waals surface area contributed by atoms with Crippen molar-refractivity contribution in [2.45, 2.75) is 142 Å². The highest BCUT2D eigenvalue weighted by molar-refractivity contribution is 4.71. The van der Waals surface area contributed by atoms with E-state index in [0.29, 0.717) is 0 Å². The number of unbranched alkanes of at least 4 members (excludes halogenated alkanes) is 14. The van der Waals surface area contributed by atoms with Crippen molar-refractivity contribution in [2.24, 2.45) is 0 Å². The highest BCUT2D eigenvalue weighted by atomic mass is 16.3. The predicted molar refractivity (Wildman–Crippen MR) is 105 cm³/mol. The van der Waals surface area contributed by atoms with Crippen LogP contribution in [0.5, 0.6) is 0 Å². The van der Waals surface area contributed by atoms with Crippen LogP contribution < -0.4 is 0 Å². The zero-order valence-electron chi connectivity index (χ0n) is 16.7. The second-order valence-corrected chi connectivity index (χ2v) is 7.95. The molecule has 0 saturated carbocycles. The maximum absolute atomic E-state index is 10.1. The predicted octanol–water partition coefficient (Wildman–Crippen LogP) is 7.80. The highest BCUT2D eigenvalue weighted by Gasteiger charge is 2.17. The van der Waals surface area contributed by atoms with Gasteiger partial charge in [-0.3, -0.25) is 0 Å². The Balaban J connectivity index is 3.11. The van der Waals surface area contributed by atoms with Crippen LogP contribution >= 0.6 is 0 Å². The van der Waals surface area contributed by atoms with Gasteiger partial charge in [0.25, 0.3) is 0 Å². The average Bonchev–Trinajstić information content (AvgIpc) is 2.51. The molecule has 1 N–H and O–H groups in total. The summed E-state index contributed by atoms with van der Waals surface area (Å²) in [5.74, 6) is 0. The van der Waals surface area contributed by atoms with E-state index < -0.39 is 5.60 Å². The van der Waals surface area contributed by atoms with Crippen LogP contribution in [0.25, 0.3) is 0 Å². The van der Waals surface area contributed by atoms with Crippen molar-refractivity contribution in [3.05, 3.63) is 0 Å². The largest absolute Gasteiger partial charge is 0.390 e. The van der Waals surface area contributed by atoms with Gasteiger partial charge in [0.1, 0.15) is 0 Å². The van der Waals surface area contributed by atoms with Crippen LogP contribution in [-0.4, -0.2) is 10.7 Å². The summed E-state index contributed by atoms with van der Waals surface area (Å²) in [4.78, 5) is 0. The van der Waals surface area contributed by atoms with Gasteiger partial charge in [-0.15, -0.1) is 0 Å². The van der Waals surface area contributed by atoms with Crippen LogP contribution in [0.15, 0.2) is 0 Å². The van der Waals surface area contributed by atoms with Gasteiger partial charge in [-0.25, -0.2) is 0 Å². The Morgan fingerprint density at radius 2 is 0.826 bits per heavy atom. The van der Waals surface area contributed by atoms with Gasteiger partial charge in [0.05, 0.1) is 5.60 Å². The first-order valence-electron chi connectivity index (χ1n) is 10.8. The Kier molecular flexibility index (Phi) is 16.8. The lowest BCUT2D eigenvalue weighted by molar-refractivity contribution is 0.0386. The van der Waals surface area contributed by atoms with Crippen molar-refractivity contribution < 1.29 is 5.11 Å². The molecule has 1 atom stereocenters. The van der Waals surface area contributed by atoms with E-state index >= 15 is 0 Å². The summed E-state index contributed by atoms with van der Waals surface area (Å²) in [5, 5.41) is 10.1. The zero-order valence-corrected chi connectivity index (χ0v) is 16.7. The molecule has 23 heavy (non-hydrogen) atoms. The third-order valence-corrected chi connectivity index (χ3v) is 5.11. The lowest BCUT2D eigenvalue weighted by Crippen LogP contribution is -2.23. The Morgan fingerprint density at radius 3 is 1.17 bits per heavy atom. The van der Waals surface area contributed by atoms with E-state index in [2.05, 4.69) is 13.8 Å². The first-order valence-corrected chi connectivity index (χ1v) is 10.8. The van der Waals surface area contributed by atoms with E-state index in [1.807, 2.05) is 6.92 Å². The lowest BCUT2D eigenvalue weighted by atomic mass is 9.93. The molecule has 0 aliphatic heterocycles. The Morgan fingerprint density at radius 1 is 0.478 bits per heavy atom. The summed E-state index contributed by atoms with van der Waals surface area (Å²) in [5.41, 5.74) is -0.411. The number of aliphatic hydroxyl groups is 1. The van der Waals surface area contributed by atoms with E-state index in [1.165, 1.54) is 96.3 Å². The van der Waals surface area contributed by atoms with Crippen molar-refractivity contribution in [3.8, 4) is 0 Å². The second kappa shape index (κ2) is 16.8. The van der Waals surface area contributed by atoms with Gasteiger partial charge in [-0.05, 0) is 19.8 Å². The molecular formula is C22H46O. The second-order valence-electron chi connectivity index (χ2n) is 7.95. The minimum absolute atomic E-state index is 0.411. The van der Waals surface area contributed by atoms with Gasteiger partial charge in [-0.1, -0.05) is 117 Å². The summed E-state index contributed by atoms with van der Waals surface area (Å²) < 4.78 is 0. The monoisotopic (exact) mass is 326 g/mol. The SMILES string of the molecule is CCCCCCCCCCCCCCCCCC(C)(O)CCC. The molecule has 0 aliphatic carbocycles. The maximum atomic E-state index is 10.1. The molecule has 0 saturated heterocycles. The molecule has 1 nitrogen and oxygen atoms in total. The molecule has 140 valence electrons. The molecule has 0 amide bonds. The molecule has 0 spiro atoms. The molecule has 0 bridgehead atoms. The smallest absolute Gasteiger partial charge is 0.0619 e. The molecule has 0 aliphatic rings. The molecule has 0 heterocycles. The van der Waals surface area contributed by atoms with Crippen LogP contribution in [0.4, 0.5) is 0 Å². The van der Waals surface area contributed by atoms with Crippen molar-refractivity contribution >= 4 is 0 Å². The quantitative estimate of drug-likeness (QED) is 0.255. The maximum Gasteiger partial charge on any atom is 0.0619 e. The summed E-state index contributed by atoms with van der Waals surface area (Å²) in [6, 6.07) is 0. The molecule has 0 aromatic carbocycles. The standard InChI is InChI=1S/C22H46O/c1-4-6-7-8-9-10-11-12-13-14-15-16-17-18-19-21-22(3,23)20-5-2/h23H,4-21H2,1-3H3. The molecule has 1 heteroatoms. The number of hydrogen-bond acceptors (Lipinski definition) is 1. The van der Waals surface area contributed by atoms with Crippen molar-refractivity contribution in [2.75, 3.05) is 0 Å². The summed E-state index contributed by atoms with van der Waals surface area (Å²) in [6.45, 7) is 6.44. The highest BCUT2D eigenvalue weighted by Crippen LogP contribution is 2.21. The molecule has 0 fully saturated rings. The van der Waals surface area contributed by atoms with Gasteiger partial charge < -0.3 is 5.11 Å². The van der Waals surface area contributed by atoms with Gasteiger partial charge in [0.15, 0.2) is 0 Å². The first-order chi connectivity index (χ1) is 11.1. The molecular weight excluding hydrogens is 280 g/mol. The molecule has 0 aromatic heterocycles. The van der Waals surface area contributed by atoms with Crippen LogP contribution in [0.2, 0.25) is 0 Å². The Hall–Kier alpha value is -0.0400. The van der Waals surface area contributed by atoms with Crippen LogP contribution in [0.1, 0.15) is 136 Å². The fourth-order valence-corrected chi connectivity index (χ4v) is 3.54. The van der Waals surface area contributed by atoms with E-state index in [-0.39, 0.29) is 0 Å². The molecule has 0 rings (SSSR count). The van der Waals surface area contributed by atoms with E-state index in [1.54, 1.807) is 0 Å². The van der Waals surface area contributed by atoms with Crippen LogP contribution in [0.3, 0.4) is 0 Å². The van der Waals surface area contributed by atoms with Crippen molar-refractivity contribution in [3.63, 3.8) is 0 Å². The fourth-order valence-electron chi connectivity index (χ4n) is 3.54. The third kappa shape index (κ3) is 18.1. The summed E-state index contributed by atoms with van der Waals surface area (Å²) in [6.07, 6.45) is 24.1. The number of rotatable bonds is 18. The van der Waals surface area contributed by atoms with Crippen molar-refractivity contribution in [1.82, 2.24) is 0 Å². The van der Waals surface area contributed by atoms with Gasteiger partial charge >= 0.3 is 0 Å². The van der Waals surface area contributed by atoms with Crippen LogP contribution in [-0.2, 0) is 0 Å². The summed E-state index contributed by atoms with van der Waals surface area (Å²) >= 11 is 0. The Bertz CT molecular complexity index is 222. The normalized spacial score (nSPS) is 14.1. The average molecular weight is 327 g/mol. The first kappa shape index (κ1) is 23.0. The minimum Gasteiger partial charge on any atom is -0.390 e. The molecule has 1 unspecified atom stereocenters. The molecule has 0 radical (unpaired) electrons. The number of hydrogen-bond donors (Lipinski definition) is 1.